The minimum atomic E-state index is -0.208. The fraction of sp³-hybridized carbons (Fsp3) is 0.136. The number of fused-ring (bicyclic) bond motifs is 1. The predicted molar refractivity (Wildman–Crippen MR) is 114 cm³/mol. The molecular weight excluding hydrogens is 386 g/mol. The Balaban J connectivity index is 1.59. The van der Waals surface area contributed by atoms with E-state index in [4.69, 9.17) is 9.47 Å². The summed E-state index contributed by atoms with van der Waals surface area (Å²) in [5, 5.41) is 0.616. The van der Waals surface area contributed by atoms with E-state index in [1.807, 2.05) is 54.6 Å². The largest absolute Gasteiger partial charge is 0.493 e. The predicted octanol–water partition coefficient (Wildman–Crippen LogP) is 4.31. The van der Waals surface area contributed by atoms with Crippen molar-refractivity contribution in [3.63, 3.8) is 0 Å². The van der Waals surface area contributed by atoms with Gasteiger partial charge in [-0.1, -0.05) is 41.7 Å². The topological polar surface area (TPSA) is 64.6 Å². The van der Waals surface area contributed by atoms with E-state index in [-0.39, 0.29) is 12.5 Å². The van der Waals surface area contributed by atoms with Gasteiger partial charge in [0.05, 0.1) is 29.6 Å². The van der Waals surface area contributed by atoms with Gasteiger partial charge in [-0.05, 0) is 36.4 Å². The Kier molecular flexibility index (Phi) is 5.67. The molecule has 0 fully saturated rings. The van der Waals surface area contributed by atoms with E-state index in [1.165, 1.54) is 11.3 Å². The highest BCUT2D eigenvalue weighted by atomic mass is 32.1. The highest BCUT2D eigenvalue weighted by Gasteiger charge is 2.21. The highest BCUT2D eigenvalue weighted by Crippen LogP contribution is 2.30. The van der Waals surface area contributed by atoms with E-state index in [9.17, 15) is 4.79 Å². The van der Waals surface area contributed by atoms with E-state index < -0.39 is 0 Å². The Morgan fingerprint density at radius 2 is 1.76 bits per heavy atom. The molecule has 0 saturated heterocycles. The van der Waals surface area contributed by atoms with Gasteiger partial charge in [0.15, 0.2) is 23.2 Å². The first kappa shape index (κ1) is 18.9. The van der Waals surface area contributed by atoms with E-state index in [2.05, 4.69) is 9.97 Å². The molecule has 7 heteroatoms. The van der Waals surface area contributed by atoms with E-state index in [1.54, 1.807) is 30.3 Å². The van der Waals surface area contributed by atoms with Gasteiger partial charge in [-0.2, -0.15) is 0 Å². The normalized spacial score (nSPS) is 10.7. The SMILES string of the molecule is COc1ccccc1OCC(=O)N(Cc1ccccn1)c1nc2ccccc2s1. The molecule has 2 heterocycles. The third-order valence-electron chi connectivity index (χ3n) is 4.28. The third kappa shape index (κ3) is 4.35. The molecule has 2 aromatic carbocycles. The molecule has 146 valence electrons. The fourth-order valence-electron chi connectivity index (χ4n) is 2.85. The van der Waals surface area contributed by atoms with Gasteiger partial charge in [0.1, 0.15) is 0 Å². The van der Waals surface area contributed by atoms with Crippen LogP contribution in [-0.2, 0) is 11.3 Å². The lowest BCUT2D eigenvalue weighted by atomic mass is 10.3. The molecule has 0 N–H and O–H groups in total. The zero-order chi connectivity index (χ0) is 20.1. The summed E-state index contributed by atoms with van der Waals surface area (Å²) in [6.45, 7) is 0.178. The molecule has 2 aromatic heterocycles. The van der Waals surface area contributed by atoms with Gasteiger partial charge in [-0.3, -0.25) is 14.7 Å². The zero-order valence-electron chi connectivity index (χ0n) is 15.8. The lowest BCUT2D eigenvalue weighted by Gasteiger charge is -2.20. The number of methoxy groups -OCH3 is 1. The number of para-hydroxylation sites is 3. The van der Waals surface area contributed by atoms with Crippen LogP contribution in [0.4, 0.5) is 5.13 Å². The number of hydrogen-bond donors (Lipinski definition) is 0. The van der Waals surface area contributed by atoms with Crippen molar-refractivity contribution < 1.29 is 14.3 Å². The number of nitrogens with zero attached hydrogens (tertiary/aromatic N) is 3. The molecule has 0 aliphatic carbocycles. The molecular formula is C22H19N3O3S. The summed E-state index contributed by atoms with van der Waals surface area (Å²) < 4.78 is 12.1. The maximum Gasteiger partial charge on any atom is 0.267 e. The minimum absolute atomic E-state index is 0.136. The smallest absolute Gasteiger partial charge is 0.267 e. The van der Waals surface area contributed by atoms with Crippen LogP contribution in [0, 0.1) is 0 Å². The number of thiazole rings is 1. The Morgan fingerprint density at radius 3 is 2.52 bits per heavy atom. The van der Waals surface area contributed by atoms with Crippen LogP contribution >= 0.6 is 11.3 Å². The second kappa shape index (κ2) is 8.70. The van der Waals surface area contributed by atoms with Crippen LogP contribution in [0.2, 0.25) is 0 Å². The first-order chi connectivity index (χ1) is 14.2. The number of aromatic nitrogens is 2. The number of carbonyl (C=O) groups excluding carboxylic acids is 1. The van der Waals surface area contributed by atoms with Crippen LogP contribution in [0.3, 0.4) is 0 Å². The molecule has 0 spiro atoms. The quantitative estimate of drug-likeness (QED) is 0.458. The molecule has 0 atom stereocenters. The number of anilines is 1. The van der Waals surface area contributed by atoms with Gasteiger partial charge in [0, 0.05) is 6.20 Å². The van der Waals surface area contributed by atoms with E-state index in [0.717, 1.165) is 15.9 Å². The number of pyridine rings is 1. The number of hydrogen-bond acceptors (Lipinski definition) is 6. The van der Waals surface area contributed by atoms with Gasteiger partial charge >= 0.3 is 0 Å². The second-order valence-electron chi connectivity index (χ2n) is 6.20. The molecule has 0 aliphatic rings. The lowest BCUT2D eigenvalue weighted by molar-refractivity contribution is -0.120. The number of carbonyl (C=O) groups is 1. The standard InChI is InChI=1S/C22H19N3O3S/c1-27-18-10-3-4-11-19(18)28-15-21(26)25(14-16-8-6-7-13-23-16)22-24-17-9-2-5-12-20(17)29-22/h2-13H,14-15H2,1H3. The van der Waals surface area contributed by atoms with Crippen LogP contribution in [0.5, 0.6) is 11.5 Å². The molecule has 29 heavy (non-hydrogen) atoms. The summed E-state index contributed by atoms with van der Waals surface area (Å²) in [6.07, 6.45) is 1.71. The van der Waals surface area contributed by atoms with Crippen molar-refractivity contribution in [2.45, 2.75) is 6.54 Å². The first-order valence-corrected chi connectivity index (χ1v) is 9.88. The van der Waals surface area contributed by atoms with Gasteiger partial charge < -0.3 is 9.47 Å². The maximum absolute atomic E-state index is 13.1. The number of rotatable bonds is 7. The Hall–Kier alpha value is -3.45. The van der Waals surface area contributed by atoms with E-state index in [0.29, 0.717) is 23.2 Å². The highest BCUT2D eigenvalue weighted by molar-refractivity contribution is 7.22. The zero-order valence-corrected chi connectivity index (χ0v) is 16.6. The van der Waals surface area contributed by atoms with Crippen LogP contribution in [0.1, 0.15) is 5.69 Å². The molecule has 6 nitrogen and oxygen atoms in total. The van der Waals surface area contributed by atoms with Crippen LogP contribution in [0.15, 0.2) is 72.9 Å². The molecule has 0 radical (unpaired) electrons. The van der Waals surface area contributed by atoms with Crippen molar-refractivity contribution in [2.24, 2.45) is 0 Å². The van der Waals surface area contributed by atoms with Gasteiger partial charge in [-0.25, -0.2) is 4.98 Å². The number of amides is 1. The van der Waals surface area contributed by atoms with Crippen molar-refractivity contribution >= 4 is 32.6 Å². The Bertz CT molecular complexity index is 1080. The van der Waals surface area contributed by atoms with Crippen LogP contribution in [-0.4, -0.2) is 29.6 Å². The average Bonchev–Trinajstić information content (AvgIpc) is 3.20. The number of benzene rings is 2. The summed E-state index contributed by atoms with van der Waals surface area (Å²) in [6, 6.07) is 20.7. The summed E-state index contributed by atoms with van der Waals surface area (Å²) in [5.74, 6) is 0.891. The Labute approximate surface area is 172 Å². The van der Waals surface area contributed by atoms with Crippen molar-refractivity contribution in [1.82, 2.24) is 9.97 Å². The van der Waals surface area contributed by atoms with Gasteiger partial charge in [0.25, 0.3) is 5.91 Å². The lowest BCUT2D eigenvalue weighted by Crippen LogP contribution is -2.34. The molecule has 4 rings (SSSR count). The minimum Gasteiger partial charge on any atom is -0.493 e. The van der Waals surface area contributed by atoms with Crippen molar-refractivity contribution in [2.75, 3.05) is 18.6 Å². The summed E-state index contributed by atoms with van der Waals surface area (Å²) in [4.78, 5) is 23.7. The van der Waals surface area contributed by atoms with Crippen molar-refractivity contribution in [3.05, 3.63) is 78.6 Å². The monoisotopic (exact) mass is 405 g/mol. The maximum atomic E-state index is 13.1. The van der Waals surface area contributed by atoms with Gasteiger partial charge in [-0.15, -0.1) is 0 Å². The summed E-state index contributed by atoms with van der Waals surface area (Å²) >= 11 is 1.47. The van der Waals surface area contributed by atoms with Crippen LogP contribution in [0.25, 0.3) is 10.2 Å². The molecule has 0 saturated carbocycles. The van der Waals surface area contributed by atoms with Crippen molar-refractivity contribution in [1.29, 1.82) is 0 Å². The third-order valence-corrected chi connectivity index (χ3v) is 5.34. The summed E-state index contributed by atoms with van der Waals surface area (Å²) in [7, 11) is 1.57. The molecule has 0 aliphatic heterocycles. The van der Waals surface area contributed by atoms with Crippen LogP contribution < -0.4 is 14.4 Å². The first-order valence-electron chi connectivity index (χ1n) is 9.06. The average molecular weight is 405 g/mol. The van der Waals surface area contributed by atoms with E-state index >= 15 is 0 Å². The molecule has 1 amide bonds. The summed E-state index contributed by atoms with van der Waals surface area (Å²) in [5.41, 5.74) is 1.63. The Morgan fingerprint density at radius 1 is 1.00 bits per heavy atom. The molecule has 0 bridgehead atoms. The molecule has 4 aromatic rings. The van der Waals surface area contributed by atoms with Gasteiger partial charge in [0.2, 0.25) is 0 Å². The fourth-order valence-corrected chi connectivity index (χ4v) is 3.83. The second-order valence-corrected chi connectivity index (χ2v) is 7.21. The number of ether oxygens (including phenoxy) is 2. The van der Waals surface area contributed by atoms with Crippen molar-refractivity contribution in [3.8, 4) is 11.5 Å². The molecule has 0 unspecified atom stereocenters.